The zero-order valence-electron chi connectivity index (χ0n) is 3.97. The molecular weight excluding hydrogens is 90.1 g/mol. The summed E-state index contributed by atoms with van der Waals surface area (Å²) in [7, 11) is 1.62. The van der Waals surface area contributed by atoms with E-state index in [9.17, 15) is 0 Å². The van der Waals surface area contributed by atoms with Crippen LogP contribution in [0.15, 0.2) is 4.99 Å². The van der Waals surface area contributed by atoms with Gasteiger partial charge in [-0.1, -0.05) is 0 Å². The van der Waals surface area contributed by atoms with Crippen LogP contribution < -0.4 is 5.73 Å². The Morgan fingerprint density at radius 1 is 1.71 bits per heavy atom. The molecule has 1 aliphatic rings. The zero-order chi connectivity index (χ0) is 5.28. The van der Waals surface area contributed by atoms with E-state index in [1.165, 1.54) is 4.90 Å². The molecule has 0 amide bonds. The first-order valence-corrected chi connectivity index (χ1v) is 1.88. The number of hydrogen-bond donors (Lipinski definition) is 1. The molecule has 0 atom stereocenters. The molecule has 3 nitrogen and oxygen atoms in total. The Labute approximate surface area is 41.8 Å². The molecule has 36 valence electrons. The quantitative estimate of drug-likeness (QED) is 0.242. The third kappa shape index (κ3) is 0.631. The molecule has 0 aromatic carbocycles. The molecule has 0 saturated heterocycles. The smallest absolute Gasteiger partial charge is 0.215 e. The van der Waals surface area contributed by atoms with E-state index in [1.54, 1.807) is 7.05 Å². The van der Waals surface area contributed by atoms with Gasteiger partial charge in [-0.15, -0.1) is 0 Å². The van der Waals surface area contributed by atoms with E-state index in [-0.39, 0.29) is 0 Å². The van der Waals surface area contributed by atoms with E-state index in [2.05, 4.69) is 17.1 Å². The first-order chi connectivity index (χ1) is 3.34. The van der Waals surface area contributed by atoms with Crippen molar-refractivity contribution in [3.05, 3.63) is 0 Å². The zero-order valence-corrected chi connectivity index (χ0v) is 3.97. The summed E-state index contributed by atoms with van der Waals surface area (Å²) in [6.07, 6.45) is 0. The molecule has 0 aliphatic carbocycles. The van der Waals surface area contributed by atoms with Crippen molar-refractivity contribution in [3.63, 3.8) is 0 Å². The van der Waals surface area contributed by atoms with Crippen molar-refractivity contribution in [2.45, 2.75) is 0 Å². The summed E-state index contributed by atoms with van der Waals surface area (Å²) in [5, 5.41) is 0. The van der Waals surface area contributed by atoms with Gasteiger partial charge in [0.15, 0.2) is 0 Å². The van der Waals surface area contributed by atoms with Gasteiger partial charge < -0.3 is 5.73 Å². The fourth-order valence-electron chi connectivity index (χ4n) is 0.240. The number of rotatable bonds is 0. The van der Waals surface area contributed by atoms with Crippen molar-refractivity contribution in [3.8, 4) is 12.1 Å². The third-order valence-corrected chi connectivity index (χ3v) is 0.682. The lowest BCUT2D eigenvalue weighted by Crippen LogP contribution is -2.22. The van der Waals surface area contributed by atoms with Gasteiger partial charge in [-0.2, -0.15) is 4.90 Å². The Morgan fingerprint density at radius 3 is 2.43 bits per heavy atom. The number of guanidine groups is 1. The summed E-state index contributed by atoms with van der Waals surface area (Å²) in [5.74, 6) is 0.444. The van der Waals surface area contributed by atoms with E-state index in [0.29, 0.717) is 5.96 Å². The Bertz CT molecular complexity index is 152. The second-order valence-corrected chi connectivity index (χ2v) is 1.14. The van der Waals surface area contributed by atoms with Gasteiger partial charge in [-0.3, -0.25) is 4.99 Å². The SMILES string of the molecule is CN=C(N)N1C#C1. The Balaban J connectivity index is 2.40. The maximum absolute atomic E-state index is 5.23. The number of aliphatic imine (C=N–C) groups is 1. The maximum atomic E-state index is 5.23. The second-order valence-electron chi connectivity index (χ2n) is 1.14. The van der Waals surface area contributed by atoms with Crippen molar-refractivity contribution >= 4 is 5.96 Å². The van der Waals surface area contributed by atoms with Gasteiger partial charge in [0.05, 0.1) is 12.1 Å². The minimum absolute atomic E-state index is 0.444. The van der Waals surface area contributed by atoms with Gasteiger partial charge in [0.25, 0.3) is 0 Å². The van der Waals surface area contributed by atoms with E-state index in [4.69, 9.17) is 5.73 Å². The molecule has 1 aliphatic heterocycles. The van der Waals surface area contributed by atoms with E-state index in [1.807, 2.05) is 0 Å². The van der Waals surface area contributed by atoms with Crippen LogP contribution in [0, 0.1) is 12.1 Å². The fourth-order valence-corrected chi connectivity index (χ4v) is 0.240. The minimum atomic E-state index is 0.444. The highest BCUT2D eigenvalue weighted by Gasteiger charge is 2.07. The fraction of sp³-hybridized carbons (Fsp3) is 0.250. The van der Waals surface area contributed by atoms with Gasteiger partial charge in [-0.25, -0.2) is 0 Å². The molecule has 7 heavy (non-hydrogen) atoms. The van der Waals surface area contributed by atoms with Crippen LogP contribution in [0.2, 0.25) is 0 Å². The topological polar surface area (TPSA) is 41.4 Å². The van der Waals surface area contributed by atoms with Crippen LogP contribution in [-0.2, 0) is 0 Å². The standard InChI is InChI=1S/C4H5N3/c1-6-4(5)7-2-3-7/h1H3,(H2,5,6). The molecule has 2 N–H and O–H groups in total. The van der Waals surface area contributed by atoms with Gasteiger partial charge in [-0.05, 0) is 0 Å². The van der Waals surface area contributed by atoms with Crippen LogP contribution in [0.25, 0.3) is 0 Å². The normalized spacial score (nSPS) is 15.6. The summed E-state index contributed by atoms with van der Waals surface area (Å²) in [6, 6.07) is 5.23. The van der Waals surface area contributed by atoms with Crippen LogP contribution in [-0.4, -0.2) is 17.9 Å². The van der Waals surface area contributed by atoms with Crippen LogP contribution in [0.1, 0.15) is 0 Å². The predicted octanol–water partition coefficient (Wildman–Crippen LogP) is -0.835. The molecule has 0 aromatic rings. The van der Waals surface area contributed by atoms with Crippen molar-refractivity contribution in [2.24, 2.45) is 10.7 Å². The summed E-state index contributed by atoms with van der Waals surface area (Å²) < 4.78 is 0. The first-order valence-electron chi connectivity index (χ1n) is 1.88. The number of hydrogen-bond acceptors (Lipinski definition) is 1. The van der Waals surface area contributed by atoms with E-state index in [0.717, 1.165) is 0 Å². The third-order valence-electron chi connectivity index (χ3n) is 0.682. The number of nitrogens with two attached hydrogens (primary N) is 1. The largest absolute Gasteiger partial charge is 0.368 e. The first kappa shape index (κ1) is 4.00. The average molecular weight is 95.1 g/mol. The molecule has 0 saturated carbocycles. The van der Waals surface area contributed by atoms with Gasteiger partial charge in [0.1, 0.15) is 0 Å². The Hall–Kier alpha value is -1.17. The molecule has 0 spiro atoms. The molecule has 0 bridgehead atoms. The molecule has 3 heteroatoms. The van der Waals surface area contributed by atoms with Gasteiger partial charge >= 0.3 is 0 Å². The lowest BCUT2D eigenvalue weighted by atomic mass is 10.9. The lowest BCUT2D eigenvalue weighted by molar-refractivity contribution is 0.921. The predicted molar refractivity (Wildman–Crippen MR) is 27.2 cm³/mol. The van der Waals surface area contributed by atoms with E-state index < -0.39 is 0 Å². The average Bonchev–Trinajstić information content (AvgIpc) is 2.44. The molecule has 1 heterocycles. The molecule has 0 aromatic heterocycles. The van der Waals surface area contributed by atoms with Crippen molar-refractivity contribution in [1.82, 2.24) is 4.90 Å². The monoisotopic (exact) mass is 95.0 g/mol. The molecule has 0 unspecified atom stereocenters. The number of nitrogens with zero attached hydrogens (tertiary/aromatic N) is 2. The summed E-state index contributed by atoms with van der Waals surface area (Å²) >= 11 is 0. The summed E-state index contributed by atoms with van der Waals surface area (Å²) in [5.41, 5.74) is 5.23. The molecule has 1 rings (SSSR count). The summed E-state index contributed by atoms with van der Waals surface area (Å²) in [6.45, 7) is 0. The lowest BCUT2D eigenvalue weighted by Gasteiger charge is -1.92. The van der Waals surface area contributed by atoms with Crippen molar-refractivity contribution in [1.29, 1.82) is 0 Å². The molecule has 0 radical (unpaired) electrons. The highest BCUT2D eigenvalue weighted by atomic mass is 15.3. The second kappa shape index (κ2) is 1.16. The Morgan fingerprint density at radius 2 is 2.29 bits per heavy atom. The van der Waals surface area contributed by atoms with E-state index >= 15 is 0 Å². The highest BCUT2D eigenvalue weighted by molar-refractivity contribution is 5.84. The Kier molecular flexibility index (Phi) is 0.661. The molecular formula is C4H5N3. The maximum Gasteiger partial charge on any atom is 0.215 e. The van der Waals surface area contributed by atoms with Crippen molar-refractivity contribution in [2.75, 3.05) is 7.05 Å². The van der Waals surface area contributed by atoms with Crippen LogP contribution in [0.5, 0.6) is 0 Å². The van der Waals surface area contributed by atoms with Gasteiger partial charge in [0.2, 0.25) is 5.96 Å². The minimum Gasteiger partial charge on any atom is -0.368 e. The van der Waals surface area contributed by atoms with Crippen molar-refractivity contribution < 1.29 is 0 Å². The van der Waals surface area contributed by atoms with Crippen LogP contribution >= 0.6 is 0 Å². The van der Waals surface area contributed by atoms with Gasteiger partial charge in [0, 0.05) is 7.05 Å². The summed E-state index contributed by atoms with van der Waals surface area (Å²) in [4.78, 5) is 5.15. The van der Waals surface area contributed by atoms with Crippen LogP contribution in [0.3, 0.4) is 0 Å². The van der Waals surface area contributed by atoms with Crippen LogP contribution in [0.4, 0.5) is 0 Å². The molecule has 0 fully saturated rings. The highest BCUT2D eigenvalue weighted by Crippen LogP contribution is 1.90.